The number of carbonyl (C=O) groups excluding carboxylic acids is 1. The van der Waals surface area contributed by atoms with E-state index < -0.39 is 0 Å². The lowest BCUT2D eigenvalue weighted by Crippen LogP contribution is -2.16. The molecule has 1 aromatic carbocycles. The lowest BCUT2D eigenvalue weighted by Gasteiger charge is -2.13. The van der Waals surface area contributed by atoms with Crippen LogP contribution in [0.4, 0.5) is 5.69 Å². The summed E-state index contributed by atoms with van der Waals surface area (Å²) < 4.78 is 11.4. The highest BCUT2D eigenvalue weighted by Crippen LogP contribution is 2.38. The lowest BCUT2D eigenvalue weighted by molar-refractivity contribution is -0.116. The zero-order valence-electron chi connectivity index (χ0n) is 13.0. The minimum absolute atomic E-state index is 0.00259. The fraction of sp³-hybridized carbons (Fsp3) is 0.562. The van der Waals surface area contributed by atoms with Crippen molar-refractivity contribution in [2.24, 2.45) is 0 Å². The lowest BCUT2D eigenvalue weighted by atomic mass is 10.1. The quantitative estimate of drug-likeness (QED) is 0.757. The Morgan fingerprint density at radius 2 is 2.29 bits per heavy atom. The summed E-state index contributed by atoms with van der Waals surface area (Å²) in [5.74, 6) is 1.56. The van der Waals surface area contributed by atoms with Crippen LogP contribution < -0.4 is 20.1 Å². The minimum Gasteiger partial charge on any atom is -0.492 e. The number of fused-ring (bicyclic) bond motifs is 1. The molecule has 21 heavy (non-hydrogen) atoms. The van der Waals surface area contributed by atoms with Crippen molar-refractivity contribution < 1.29 is 14.3 Å². The molecule has 1 aliphatic rings. The minimum atomic E-state index is -0.00259. The van der Waals surface area contributed by atoms with Gasteiger partial charge in [-0.1, -0.05) is 0 Å². The molecule has 0 saturated heterocycles. The molecule has 0 fully saturated rings. The Kier molecular flexibility index (Phi) is 5.44. The van der Waals surface area contributed by atoms with Crippen molar-refractivity contribution in [3.8, 4) is 11.5 Å². The Morgan fingerprint density at radius 1 is 1.48 bits per heavy atom. The van der Waals surface area contributed by atoms with Crippen molar-refractivity contribution in [3.05, 3.63) is 17.7 Å². The molecule has 0 bridgehead atoms. The Bertz CT molecular complexity index is 503. The van der Waals surface area contributed by atoms with Gasteiger partial charge in [-0.2, -0.15) is 0 Å². The molecule has 5 nitrogen and oxygen atoms in total. The van der Waals surface area contributed by atoms with Crippen molar-refractivity contribution in [2.75, 3.05) is 25.5 Å². The van der Waals surface area contributed by atoms with Gasteiger partial charge in [0, 0.05) is 24.5 Å². The highest BCUT2D eigenvalue weighted by atomic mass is 16.5. The van der Waals surface area contributed by atoms with E-state index in [1.54, 1.807) is 0 Å². The highest BCUT2D eigenvalue weighted by Gasteiger charge is 2.22. The number of carbonyl (C=O) groups is 1. The molecule has 0 spiro atoms. The zero-order chi connectivity index (χ0) is 15.2. The van der Waals surface area contributed by atoms with Gasteiger partial charge in [-0.25, -0.2) is 0 Å². The first-order valence-electron chi connectivity index (χ1n) is 7.54. The second-order valence-corrected chi connectivity index (χ2v) is 5.28. The van der Waals surface area contributed by atoms with Crippen LogP contribution in [0.3, 0.4) is 0 Å². The first-order valence-corrected chi connectivity index (χ1v) is 7.54. The van der Waals surface area contributed by atoms with Crippen molar-refractivity contribution in [1.82, 2.24) is 5.32 Å². The monoisotopic (exact) mass is 292 g/mol. The molecule has 2 N–H and O–H groups in total. The molecule has 0 aliphatic carbocycles. The first-order chi connectivity index (χ1) is 10.1. The van der Waals surface area contributed by atoms with Gasteiger partial charge in [0.1, 0.15) is 17.6 Å². The van der Waals surface area contributed by atoms with E-state index in [-0.39, 0.29) is 12.0 Å². The van der Waals surface area contributed by atoms with Gasteiger partial charge in [-0.3, -0.25) is 4.79 Å². The van der Waals surface area contributed by atoms with Crippen LogP contribution in [0.2, 0.25) is 0 Å². The van der Waals surface area contributed by atoms with E-state index in [1.807, 2.05) is 33.0 Å². The van der Waals surface area contributed by atoms with Crippen molar-refractivity contribution in [2.45, 2.75) is 39.2 Å². The first kappa shape index (κ1) is 15.6. The van der Waals surface area contributed by atoms with Crippen molar-refractivity contribution in [1.29, 1.82) is 0 Å². The molecule has 2 rings (SSSR count). The van der Waals surface area contributed by atoms with Gasteiger partial charge in [-0.05, 0) is 39.9 Å². The largest absolute Gasteiger partial charge is 0.492 e. The predicted molar refractivity (Wildman–Crippen MR) is 83.2 cm³/mol. The van der Waals surface area contributed by atoms with Crippen LogP contribution in [-0.2, 0) is 11.2 Å². The Balaban J connectivity index is 2.10. The van der Waals surface area contributed by atoms with Crippen LogP contribution >= 0.6 is 0 Å². The molecule has 116 valence electrons. The summed E-state index contributed by atoms with van der Waals surface area (Å²) in [6, 6.07) is 3.85. The van der Waals surface area contributed by atoms with Gasteiger partial charge in [0.2, 0.25) is 5.91 Å². The number of nitrogens with one attached hydrogen (secondary N) is 2. The number of anilines is 1. The highest BCUT2D eigenvalue weighted by molar-refractivity contribution is 5.92. The predicted octanol–water partition coefficient (Wildman–Crippen LogP) is 2.35. The van der Waals surface area contributed by atoms with Crippen LogP contribution in [0.25, 0.3) is 0 Å². The average molecular weight is 292 g/mol. The standard InChI is InChI=1S/C16H24N2O3/c1-4-20-15-9-12-8-11(2)21-14(12)10-13(15)18-16(19)6-5-7-17-3/h9-11,17H,4-8H2,1-3H3,(H,18,19). The van der Waals surface area contributed by atoms with Crippen molar-refractivity contribution in [3.63, 3.8) is 0 Å². The van der Waals surface area contributed by atoms with Gasteiger partial charge < -0.3 is 20.1 Å². The van der Waals surface area contributed by atoms with Gasteiger partial charge in [0.25, 0.3) is 0 Å². The maximum atomic E-state index is 12.0. The summed E-state index contributed by atoms with van der Waals surface area (Å²) in [7, 11) is 1.88. The Labute approximate surface area is 126 Å². The molecule has 1 atom stereocenters. The summed E-state index contributed by atoms with van der Waals surface area (Å²) in [6.45, 7) is 5.37. The number of benzene rings is 1. The summed E-state index contributed by atoms with van der Waals surface area (Å²) in [4.78, 5) is 12.0. The molecule has 0 saturated carbocycles. The number of amides is 1. The van der Waals surface area contributed by atoms with Crippen LogP contribution in [0.15, 0.2) is 12.1 Å². The number of hydrogen-bond donors (Lipinski definition) is 2. The molecule has 1 amide bonds. The normalized spacial score (nSPS) is 16.2. The maximum absolute atomic E-state index is 12.0. The number of hydrogen-bond acceptors (Lipinski definition) is 4. The SMILES string of the molecule is CCOc1cc2c(cc1NC(=O)CCCNC)OC(C)C2. The molecule has 0 aromatic heterocycles. The van der Waals surface area contributed by atoms with E-state index in [9.17, 15) is 4.79 Å². The molecule has 1 aromatic rings. The summed E-state index contributed by atoms with van der Waals surface area (Å²) in [5.41, 5.74) is 1.83. The summed E-state index contributed by atoms with van der Waals surface area (Å²) in [6.07, 6.45) is 2.35. The molecule has 1 heterocycles. The van der Waals surface area contributed by atoms with Gasteiger partial charge in [0.05, 0.1) is 12.3 Å². The van der Waals surface area contributed by atoms with Crippen LogP contribution in [0.1, 0.15) is 32.3 Å². The fourth-order valence-corrected chi connectivity index (χ4v) is 2.45. The third-order valence-electron chi connectivity index (χ3n) is 3.40. The van der Waals surface area contributed by atoms with E-state index in [2.05, 4.69) is 10.6 Å². The topological polar surface area (TPSA) is 59.6 Å². The van der Waals surface area contributed by atoms with E-state index in [0.29, 0.717) is 18.7 Å². The third-order valence-corrected chi connectivity index (χ3v) is 3.40. The smallest absolute Gasteiger partial charge is 0.224 e. The summed E-state index contributed by atoms with van der Waals surface area (Å²) in [5, 5.41) is 5.96. The zero-order valence-corrected chi connectivity index (χ0v) is 13.0. The van der Waals surface area contributed by atoms with E-state index in [1.165, 1.54) is 0 Å². The molecular formula is C16H24N2O3. The number of rotatable bonds is 7. The Hall–Kier alpha value is -1.75. The maximum Gasteiger partial charge on any atom is 0.224 e. The molecule has 1 unspecified atom stereocenters. The molecule has 5 heteroatoms. The fourth-order valence-electron chi connectivity index (χ4n) is 2.45. The van der Waals surface area contributed by atoms with Gasteiger partial charge in [0.15, 0.2) is 0 Å². The van der Waals surface area contributed by atoms with Crippen LogP contribution in [0, 0.1) is 0 Å². The second kappa shape index (κ2) is 7.31. The van der Waals surface area contributed by atoms with Crippen LogP contribution in [-0.4, -0.2) is 32.2 Å². The van der Waals surface area contributed by atoms with Crippen molar-refractivity contribution >= 4 is 11.6 Å². The third kappa shape index (κ3) is 4.11. The average Bonchev–Trinajstić information content (AvgIpc) is 2.79. The van der Waals surface area contributed by atoms with E-state index in [4.69, 9.17) is 9.47 Å². The number of ether oxygens (including phenoxy) is 2. The summed E-state index contributed by atoms with van der Waals surface area (Å²) >= 11 is 0. The second-order valence-electron chi connectivity index (χ2n) is 5.28. The van der Waals surface area contributed by atoms with Gasteiger partial charge in [-0.15, -0.1) is 0 Å². The molecular weight excluding hydrogens is 268 g/mol. The van der Waals surface area contributed by atoms with Gasteiger partial charge >= 0.3 is 0 Å². The van der Waals surface area contributed by atoms with E-state index >= 15 is 0 Å². The Morgan fingerprint density at radius 3 is 3.00 bits per heavy atom. The van der Waals surface area contributed by atoms with E-state index in [0.717, 1.165) is 36.4 Å². The van der Waals surface area contributed by atoms with Crippen LogP contribution in [0.5, 0.6) is 11.5 Å². The molecule has 1 aliphatic heterocycles. The molecule has 0 radical (unpaired) electrons.